The number of ether oxygens (including phenoxy) is 1. The zero-order chi connectivity index (χ0) is 29.6. The van der Waals surface area contributed by atoms with Gasteiger partial charge in [-0.15, -0.1) is 0 Å². The van der Waals surface area contributed by atoms with Crippen molar-refractivity contribution in [1.29, 1.82) is 10.8 Å². The minimum absolute atomic E-state index is 0.00936. The number of nitrogens with two attached hydrogens (primary N) is 2. The van der Waals surface area contributed by atoms with Gasteiger partial charge in [-0.2, -0.15) is 0 Å². The fourth-order valence-corrected chi connectivity index (χ4v) is 5.68. The number of anilines is 1. The SMILES string of the molecule is CC(=N)N1CCC(Oc2c(Cl)cc(N(C/C=C/c3cccc(C(=N)N)c3)S(=O)(=O)CC(=O)O)cc2C(N)=O)CC1. The third-order valence-corrected chi connectivity index (χ3v) is 8.13. The molecular formula is C26H31ClN6O6S. The van der Waals surface area contributed by atoms with Crippen molar-refractivity contribution in [2.75, 3.05) is 29.7 Å². The predicted molar refractivity (Wildman–Crippen MR) is 154 cm³/mol. The average molecular weight is 591 g/mol. The number of piperidine rings is 1. The van der Waals surface area contributed by atoms with Crippen LogP contribution < -0.4 is 20.5 Å². The lowest BCUT2D eigenvalue weighted by Gasteiger charge is -2.33. The van der Waals surface area contributed by atoms with Gasteiger partial charge < -0.3 is 26.2 Å². The Bertz CT molecular complexity index is 1450. The van der Waals surface area contributed by atoms with E-state index in [-0.39, 0.29) is 40.5 Å². The van der Waals surface area contributed by atoms with Crippen LogP contribution in [0.25, 0.3) is 6.08 Å². The number of amides is 1. The number of hydrogen-bond acceptors (Lipinski definition) is 7. The summed E-state index contributed by atoms with van der Waals surface area (Å²) in [5.74, 6) is -3.34. The number of halogens is 1. The number of carboxylic acid groups (broad SMARTS) is 1. The largest absolute Gasteiger partial charge is 0.488 e. The number of nitrogens with one attached hydrogen (secondary N) is 2. The van der Waals surface area contributed by atoms with E-state index in [0.717, 1.165) is 4.31 Å². The highest BCUT2D eigenvalue weighted by molar-refractivity contribution is 7.93. The quantitative estimate of drug-likeness (QED) is 0.194. The van der Waals surface area contributed by atoms with Crippen molar-refractivity contribution < 1.29 is 27.9 Å². The maximum Gasteiger partial charge on any atom is 0.320 e. The molecule has 7 N–H and O–H groups in total. The molecule has 1 aliphatic rings. The number of hydrogen-bond donors (Lipinski definition) is 5. The molecule has 12 nitrogen and oxygen atoms in total. The molecule has 0 aliphatic carbocycles. The summed E-state index contributed by atoms with van der Waals surface area (Å²) < 4.78 is 33.0. The zero-order valence-corrected chi connectivity index (χ0v) is 23.3. The first-order valence-electron chi connectivity index (χ1n) is 12.2. The second-order valence-electron chi connectivity index (χ2n) is 9.18. The van der Waals surface area contributed by atoms with Crippen molar-refractivity contribution in [3.8, 4) is 5.75 Å². The number of nitrogen functional groups attached to an aromatic ring is 1. The second-order valence-corrected chi connectivity index (χ2v) is 11.5. The van der Waals surface area contributed by atoms with Gasteiger partial charge in [0.25, 0.3) is 5.91 Å². The molecule has 0 spiro atoms. The maximum atomic E-state index is 13.1. The summed E-state index contributed by atoms with van der Waals surface area (Å²) in [6, 6.07) is 9.19. The molecule has 0 unspecified atom stereocenters. The van der Waals surface area contributed by atoms with E-state index in [1.807, 2.05) is 4.90 Å². The van der Waals surface area contributed by atoms with E-state index in [1.165, 1.54) is 18.2 Å². The minimum atomic E-state index is -4.41. The first-order chi connectivity index (χ1) is 18.8. The molecule has 40 heavy (non-hydrogen) atoms. The lowest BCUT2D eigenvalue weighted by molar-refractivity contribution is -0.134. The van der Waals surface area contributed by atoms with Crippen LogP contribution in [0.1, 0.15) is 41.3 Å². The van der Waals surface area contributed by atoms with Gasteiger partial charge in [0.1, 0.15) is 11.9 Å². The molecule has 0 bridgehead atoms. The Balaban J connectivity index is 1.95. The van der Waals surface area contributed by atoms with Crippen molar-refractivity contribution in [2.24, 2.45) is 11.5 Å². The monoisotopic (exact) mass is 590 g/mol. The summed E-state index contributed by atoms with van der Waals surface area (Å²) in [7, 11) is -4.41. The molecule has 1 heterocycles. The molecule has 0 saturated carbocycles. The normalized spacial score (nSPS) is 14.2. The molecule has 0 radical (unpaired) electrons. The summed E-state index contributed by atoms with van der Waals surface area (Å²) >= 11 is 6.49. The van der Waals surface area contributed by atoms with Crippen LogP contribution >= 0.6 is 11.6 Å². The third-order valence-electron chi connectivity index (χ3n) is 6.20. The number of amidine groups is 2. The van der Waals surface area contributed by atoms with Crippen LogP contribution in [0.15, 0.2) is 42.5 Å². The lowest BCUT2D eigenvalue weighted by atomic mass is 10.1. The van der Waals surface area contributed by atoms with Gasteiger partial charge in [-0.05, 0) is 30.7 Å². The van der Waals surface area contributed by atoms with Crippen LogP contribution in [0, 0.1) is 10.8 Å². The standard InChI is InChI=1S/C26H31ClN6O6S/c1-16(28)32-10-7-20(8-11-32)39-24-21(26(31)36)13-19(14-22(24)27)33(40(37,38)15-23(34)35)9-3-5-17-4-2-6-18(12-17)25(29)30/h2-6,12-14,20,28H,7-11,15H2,1H3,(H3,29,30)(H2,31,36)(H,34,35)/b5-3+,28-16?. The highest BCUT2D eigenvalue weighted by Crippen LogP contribution is 2.36. The number of carbonyl (C=O) groups is 2. The lowest BCUT2D eigenvalue weighted by Crippen LogP contribution is -2.40. The van der Waals surface area contributed by atoms with Crippen LogP contribution in [0.3, 0.4) is 0 Å². The van der Waals surface area contributed by atoms with Crippen molar-refractivity contribution in [2.45, 2.75) is 25.9 Å². The van der Waals surface area contributed by atoms with Crippen LogP contribution in [-0.2, 0) is 14.8 Å². The number of benzene rings is 2. The molecular weight excluding hydrogens is 560 g/mol. The van der Waals surface area contributed by atoms with Crippen LogP contribution in [0.4, 0.5) is 5.69 Å². The Labute approximate surface area is 237 Å². The van der Waals surface area contributed by atoms with Gasteiger partial charge >= 0.3 is 5.97 Å². The fraction of sp³-hybridized carbons (Fsp3) is 0.308. The van der Waals surface area contributed by atoms with Gasteiger partial charge in [0, 0.05) is 31.5 Å². The van der Waals surface area contributed by atoms with Crippen molar-refractivity contribution in [3.05, 3.63) is 64.2 Å². The molecule has 0 atom stereocenters. The highest BCUT2D eigenvalue weighted by atomic mass is 35.5. The number of nitrogens with zero attached hydrogens (tertiary/aromatic N) is 2. The van der Waals surface area contributed by atoms with Gasteiger partial charge in [0.05, 0.1) is 28.7 Å². The van der Waals surface area contributed by atoms with Crippen molar-refractivity contribution in [1.82, 2.24) is 4.90 Å². The molecule has 1 fully saturated rings. The van der Waals surface area contributed by atoms with Crippen molar-refractivity contribution >= 4 is 56.9 Å². The molecule has 14 heteroatoms. The van der Waals surface area contributed by atoms with Gasteiger partial charge in [-0.25, -0.2) is 8.42 Å². The Morgan fingerprint density at radius 3 is 2.45 bits per heavy atom. The molecule has 0 aromatic heterocycles. The minimum Gasteiger partial charge on any atom is -0.488 e. The Morgan fingerprint density at radius 2 is 1.88 bits per heavy atom. The van der Waals surface area contributed by atoms with Crippen molar-refractivity contribution in [3.63, 3.8) is 0 Å². The number of carbonyl (C=O) groups excluding carboxylic acids is 1. The number of primary amides is 1. The summed E-state index contributed by atoms with van der Waals surface area (Å²) in [4.78, 5) is 25.6. The second kappa shape index (κ2) is 12.8. The Morgan fingerprint density at radius 1 is 1.20 bits per heavy atom. The van der Waals surface area contributed by atoms with Gasteiger partial charge in [0.15, 0.2) is 11.5 Å². The first kappa shape index (κ1) is 30.4. The Kier molecular flexibility index (Phi) is 9.77. The molecule has 214 valence electrons. The van der Waals surface area contributed by atoms with E-state index in [4.69, 9.17) is 38.6 Å². The summed E-state index contributed by atoms with van der Waals surface area (Å²) in [5.41, 5.74) is 12.0. The molecule has 1 amide bonds. The molecule has 3 rings (SSSR count). The average Bonchev–Trinajstić information content (AvgIpc) is 2.87. The van der Waals surface area contributed by atoms with Crippen LogP contribution in [0.2, 0.25) is 5.02 Å². The van der Waals surface area contributed by atoms with E-state index >= 15 is 0 Å². The molecule has 1 aliphatic heterocycles. The molecule has 2 aromatic carbocycles. The third kappa shape index (κ3) is 7.73. The summed E-state index contributed by atoms with van der Waals surface area (Å²) in [5, 5.41) is 24.5. The Hall–Kier alpha value is -4.10. The zero-order valence-electron chi connectivity index (χ0n) is 21.8. The van der Waals surface area contributed by atoms with Gasteiger partial charge in [-0.3, -0.25) is 24.7 Å². The number of aliphatic carboxylic acids is 1. The van der Waals surface area contributed by atoms with Gasteiger partial charge in [0.2, 0.25) is 10.0 Å². The smallest absolute Gasteiger partial charge is 0.320 e. The van der Waals surface area contributed by atoms with E-state index < -0.39 is 27.7 Å². The van der Waals surface area contributed by atoms with E-state index in [9.17, 15) is 23.1 Å². The fourth-order valence-electron chi connectivity index (χ4n) is 4.21. The topological polar surface area (TPSA) is 204 Å². The van der Waals surface area contributed by atoms with E-state index in [2.05, 4.69) is 0 Å². The molecule has 1 saturated heterocycles. The van der Waals surface area contributed by atoms with Crippen LogP contribution in [-0.4, -0.2) is 73.5 Å². The van der Waals surface area contributed by atoms with Crippen LogP contribution in [0.5, 0.6) is 5.75 Å². The maximum absolute atomic E-state index is 13.1. The number of carboxylic acids is 1. The summed E-state index contributed by atoms with van der Waals surface area (Å²) in [6.45, 7) is 2.58. The predicted octanol–water partition coefficient (Wildman–Crippen LogP) is 2.50. The number of sulfonamides is 1. The number of likely N-dealkylation sites (tertiary alicyclic amines) is 1. The van der Waals surface area contributed by atoms with Gasteiger partial charge in [-0.1, -0.05) is 42.0 Å². The van der Waals surface area contributed by atoms with E-state index in [1.54, 1.807) is 37.3 Å². The molecule has 2 aromatic rings. The highest BCUT2D eigenvalue weighted by Gasteiger charge is 2.29. The number of rotatable bonds is 11. The van der Waals surface area contributed by atoms with E-state index in [0.29, 0.717) is 42.9 Å². The summed E-state index contributed by atoms with van der Waals surface area (Å²) in [6.07, 6.45) is 3.91. The first-order valence-corrected chi connectivity index (χ1v) is 14.2.